The summed E-state index contributed by atoms with van der Waals surface area (Å²) in [6, 6.07) is 28.0. The summed E-state index contributed by atoms with van der Waals surface area (Å²) in [5.41, 5.74) is 5.26. The number of aliphatic hydroxyl groups excluding tert-OH is 1. The van der Waals surface area contributed by atoms with E-state index in [1.54, 1.807) is 0 Å². The van der Waals surface area contributed by atoms with E-state index in [9.17, 15) is 14.7 Å². The summed E-state index contributed by atoms with van der Waals surface area (Å²) in [4.78, 5) is 26.1. The quantitative estimate of drug-likeness (QED) is 0.0938. The van der Waals surface area contributed by atoms with Crippen molar-refractivity contribution >= 4 is 57.0 Å². The Morgan fingerprint density at radius 2 is 1.72 bits per heavy atom. The van der Waals surface area contributed by atoms with Crippen molar-refractivity contribution in [2.75, 3.05) is 10.6 Å². The molecule has 238 valence electrons. The highest BCUT2D eigenvalue weighted by Gasteiger charge is 2.70. The number of anilines is 2. The summed E-state index contributed by atoms with van der Waals surface area (Å²) in [5, 5.41) is 17.5. The molecule has 4 aromatic rings. The molecule has 7 rings (SSSR count). The number of fused-ring (bicyclic) bond motifs is 6. The maximum Gasteiger partial charge on any atom is 0.411 e. The SMILES string of the molecule is CC1(C)CC(OC(=O)Nc2ccc(CCCC(=O)Nc3ccc4cc(CO)ccc4c3)cc2-c2ccccc2)C2C3OC3C1N2I. The van der Waals surface area contributed by atoms with Crippen LogP contribution in [0.1, 0.15) is 44.2 Å². The van der Waals surface area contributed by atoms with Crippen LogP contribution in [0.25, 0.3) is 21.9 Å². The molecule has 0 spiro atoms. The third-order valence-corrected chi connectivity index (χ3v) is 10.8. The Labute approximate surface area is 283 Å². The number of halogens is 1. The second-order valence-corrected chi connectivity index (χ2v) is 14.4. The Kier molecular flexibility index (Phi) is 8.52. The number of hydrogen-bond donors (Lipinski definition) is 3. The molecular formula is C37H38IN3O5. The van der Waals surface area contributed by atoms with Gasteiger partial charge < -0.3 is 19.9 Å². The summed E-state index contributed by atoms with van der Waals surface area (Å²) < 4.78 is 14.4. The third-order valence-electron chi connectivity index (χ3n) is 9.57. The first kappa shape index (κ1) is 31.1. The summed E-state index contributed by atoms with van der Waals surface area (Å²) in [6.45, 7) is 4.46. The number of carbonyl (C=O) groups excluding carboxylic acids is 2. The molecule has 4 aromatic carbocycles. The van der Waals surface area contributed by atoms with Gasteiger partial charge >= 0.3 is 6.09 Å². The summed E-state index contributed by atoms with van der Waals surface area (Å²) in [5.74, 6) is -0.0388. The number of benzene rings is 4. The standard InChI is InChI=1S/C37H38IN3O5/c1-37(2)20-30(32-33-34(46-33)35(37)41(32)38)45-36(44)40-29-16-12-22(18-28(29)24-8-4-3-5-9-24)7-6-10-31(43)39-27-15-14-25-17-23(21-42)11-13-26(25)19-27/h3-5,8-9,11-19,30,32-35,42H,6-7,10,20-21H2,1-2H3,(H,39,43)(H,40,44). The molecular weight excluding hydrogens is 693 g/mol. The van der Waals surface area contributed by atoms with E-state index < -0.39 is 6.09 Å². The molecule has 46 heavy (non-hydrogen) atoms. The lowest BCUT2D eigenvalue weighted by molar-refractivity contribution is -0.116. The first-order valence-corrected chi connectivity index (χ1v) is 16.9. The van der Waals surface area contributed by atoms with Gasteiger partial charge in [0, 0.05) is 40.5 Å². The Morgan fingerprint density at radius 3 is 2.52 bits per heavy atom. The molecule has 2 bridgehead atoms. The van der Waals surface area contributed by atoms with Crippen molar-refractivity contribution in [2.45, 2.75) is 76.5 Å². The van der Waals surface area contributed by atoms with Gasteiger partial charge in [-0.05, 0) is 82.5 Å². The fourth-order valence-electron chi connectivity index (χ4n) is 7.29. The molecule has 9 heteroatoms. The van der Waals surface area contributed by atoms with E-state index in [0.717, 1.165) is 45.1 Å². The van der Waals surface area contributed by atoms with Crippen LogP contribution in [0, 0.1) is 5.41 Å². The van der Waals surface area contributed by atoms with E-state index in [2.05, 4.69) is 56.5 Å². The van der Waals surface area contributed by atoms with E-state index in [1.807, 2.05) is 78.9 Å². The van der Waals surface area contributed by atoms with E-state index in [4.69, 9.17) is 9.47 Å². The van der Waals surface area contributed by atoms with E-state index in [-0.39, 0.29) is 42.3 Å². The first-order valence-electron chi connectivity index (χ1n) is 15.9. The lowest BCUT2D eigenvalue weighted by Gasteiger charge is -2.46. The first-order chi connectivity index (χ1) is 22.2. The topological polar surface area (TPSA) is 103 Å². The van der Waals surface area contributed by atoms with Crippen LogP contribution in [0.2, 0.25) is 0 Å². The van der Waals surface area contributed by atoms with Crippen molar-refractivity contribution in [3.05, 3.63) is 96.1 Å². The van der Waals surface area contributed by atoms with E-state index >= 15 is 0 Å². The zero-order valence-corrected chi connectivity index (χ0v) is 28.1. The predicted molar refractivity (Wildman–Crippen MR) is 188 cm³/mol. The maximum absolute atomic E-state index is 13.3. The van der Waals surface area contributed by atoms with Gasteiger partial charge in [-0.15, -0.1) is 0 Å². The normalized spacial score (nSPS) is 24.3. The van der Waals surface area contributed by atoms with Crippen LogP contribution in [-0.2, 0) is 27.3 Å². The van der Waals surface area contributed by atoms with Crippen molar-refractivity contribution in [1.29, 1.82) is 0 Å². The number of amides is 2. The number of piperidine rings is 1. The van der Waals surface area contributed by atoms with Gasteiger partial charge in [0.15, 0.2) is 0 Å². The number of ether oxygens (including phenoxy) is 2. The average Bonchev–Trinajstić information content (AvgIpc) is 3.75. The number of hydrogen-bond acceptors (Lipinski definition) is 6. The molecule has 8 nitrogen and oxygen atoms in total. The maximum atomic E-state index is 13.3. The number of nitrogens with zero attached hydrogens (tertiary/aromatic N) is 1. The lowest BCUT2D eigenvalue weighted by Crippen LogP contribution is -2.56. The van der Waals surface area contributed by atoms with Gasteiger partial charge in [-0.25, -0.2) is 7.91 Å². The minimum Gasteiger partial charge on any atom is -0.444 e. The van der Waals surface area contributed by atoms with Crippen LogP contribution in [-0.4, -0.2) is 50.6 Å². The number of aryl methyl sites for hydroxylation is 1. The van der Waals surface area contributed by atoms with Crippen LogP contribution in [0.3, 0.4) is 0 Å². The van der Waals surface area contributed by atoms with Crippen LogP contribution in [0.4, 0.5) is 16.2 Å². The molecule has 5 unspecified atom stereocenters. The summed E-state index contributed by atoms with van der Waals surface area (Å²) in [7, 11) is 0. The van der Waals surface area contributed by atoms with Crippen molar-refractivity contribution in [2.24, 2.45) is 5.41 Å². The Morgan fingerprint density at radius 1 is 0.957 bits per heavy atom. The van der Waals surface area contributed by atoms with E-state index in [0.29, 0.717) is 31.0 Å². The molecule has 3 aliphatic heterocycles. The van der Waals surface area contributed by atoms with Gasteiger partial charge in [0.2, 0.25) is 5.91 Å². The number of aliphatic hydroxyl groups is 1. The molecule has 3 aliphatic rings. The number of epoxide rings is 1. The van der Waals surface area contributed by atoms with Gasteiger partial charge in [0.05, 0.1) is 24.4 Å². The second kappa shape index (κ2) is 12.6. The molecule has 5 atom stereocenters. The fraction of sp³-hybridized carbons (Fsp3) is 0.351. The van der Waals surface area contributed by atoms with Crippen LogP contribution in [0.15, 0.2) is 84.9 Å². The van der Waals surface area contributed by atoms with Crippen LogP contribution < -0.4 is 10.6 Å². The number of rotatable bonds is 9. The number of carbonyl (C=O) groups is 2. The van der Waals surface area contributed by atoms with Crippen molar-refractivity contribution in [3.63, 3.8) is 0 Å². The summed E-state index contributed by atoms with van der Waals surface area (Å²) >= 11 is 2.38. The highest BCUT2D eigenvalue weighted by molar-refractivity contribution is 14.1. The Hall–Kier alpha value is -3.51. The van der Waals surface area contributed by atoms with E-state index in [1.165, 1.54) is 0 Å². The molecule has 0 saturated carbocycles. The molecule has 3 fully saturated rings. The fourth-order valence-corrected chi connectivity index (χ4v) is 9.04. The average molecular weight is 732 g/mol. The van der Waals surface area contributed by atoms with Crippen LogP contribution >= 0.6 is 22.9 Å². The van der Waals surface area contributed by atoms with Crippen molar-refractivity contribution in [1.82, 2.24) is 3.11 Å². The molecule has 3 saturated heterocycles. The zero-order chi connectivity index (χ0) is 32.0. The third kappa shape index (κ3) is 6.25. The largest absolute Gasteiger partial charge is 0.444 e. The zero-order valence-electron chi connectivity index (χ0n) is 25.9. The van der Waals surface area contributed by atoms with Gasteiger partial charge in [0.1, 0.15) is 18.3 Å². The number of morpholine rings is 1. The molecule has 3 heterocycles. The van der Waals surface area contributed by atoms with Gasteiger partial charge in [-0.1, -0.05) is 68.4 Å². The highest BCUT2D eigenvalue weighted by Crippen LogP contribution is 2.57. The van der Waals surface area contributed by atoms with Gasteiger partial charge in [-0.2, -0.15) is 0 Å². The molecule has 0 aliphatic carbocycles. The summed E-state index contributed by atoms with van der Waals surface area (Å²) in [6.07, 6.45) is 2.24. The Bertz CT molecular complexity index is 1780. The molecule has 2 amide bonds. The lowest BCUT2D eigenvalue weighted by atomic mass is 9.77. The van der Waals surface area contributed by atoms with Gasteiger partial charge in [0.25, 0.3) is 0 Å². The molecule has 3 N–H and O–H groups in total. The Balaban J connectivity index is 0.992. The van der Waals surface area contributed by atoms with Crippen molar-refractivity contribution < 1.29 is 24.2 Å². The molecule has 0 radical (unpaired) electrons. The molecule has 0 aromatic heterocycles. The monoisotopic (exact) mass is 731 g/mol. The van der Waals surface area contributed by atoms with Gasteiger partial charge in [-0.3, -0.25) is 10.1 Å². The predicted octanol–water partition coefficient (Wildman–Crippen LogP) is 7.48. The van der Waals surface area contributed by atoms with Crippen molar-refractivity contribution in [3.8, 4) is 11.1 Å². The minimum atomic E-state index is -0.461. The highest BCUT2D eigenvalue weighted by atomic mass is 127. The van der Waals surface area contributed by atoms with Crippen LogP contribution in [0.5, 0.6) is 0 Å². The second-order valence-electron chi connectivity index (χ2n) is 13.3. The number of nitrogens with one attached hydrogen (secondary N) is 2. The smallest absolute Gasteiger partial charge is 0.411 e. The minimum absolute atomic E-state index is 0.00140.